The molecule has 92 valence electrons. The smallest absolute Gasteiger partial charge is 0.140 e. The maximum absolute atomic E-state index is 8.52. The molecule has 0 atom stereocenters. The zero-order valence-electron chi connectivity index (χ0n) is 9.79. The molecule has 2 rings (SSSR count). The number of nitrogens with two attached hydrogens (primary N) is 1. The normalized spacial score (nSPS) is 16.4. The largest absolute Gasteiger partial charge is 0.409 e. The highest BCUT2D eigenvalue weighted by Crippen LogP contribution is 2.28. The zero-order chi connectivity index (χ0) is 12.1. The molecule has 1 aliphatic rings. The molecule has 0 amide bonds. The Kier molecular flexibility index (Phi) is 3.93. The summed E-state index contributed by atoms with van der Waals surface area (Å²) in [7, 11) is 0. The van der Waals surface area contributed by atoms with Gasteiger partial charge in [-0.1, -0.05) is 11.2 Å². The predicted octanol–water partition coefficient (Wildman–Crippen LogP) is 1.18. The summed E-state index contributed by atoms with van der Waals surface area (Å²) in [5.74, 6) is 0.289. The summed E-state index contributed by atoms with van der Waals surface area (Å²) >= 11 is 0. The molecule has 0 unspecified atom stereocenters. The Morgan fingerprint density at radius 3 is 2.94 bits per heavy atom. The first-order valence-electron chi connectivity index (χ1n) is 5.90. The summed E-state index contributed by atoms with van der Waals surface area (Å²) in [6.45, 7) is 1.65. The third-order valence-corrected chi connectivity index (χ3v) is 2.94. The van der Waals surface area contributed by atoms with Crippen LogP contribution in [-0.4, -0.2) is 33.5 Å². The van der Waals surface area contributed by atoms with E-state index in [0.717, 1.165) is 18.8 Å². The van der Waals surface area contributed by atoms with E-state index < -0.39 is 0 Å². The number of aromatic nitrogens is 1. The molecule has 1 heterocycles. The van der Waals surface area contributed by atoms with Crippen LogP contribution in [-0.2, 0) is 6.54 Å². The highest BCUT2D eigenvalue weighted by Gasteiger charge is 2.28. The number of hydrogen-bond acceptors (Lipinski definition) is 4. The van der Waals surface area contributed by atoms with E-state index in [1.807, 2.05) is 24.4 Å². The lowest BCUT2D eigenvalue weighted by molar-refractivity contribution is 0.256. The lowest BCUT2D eigenvalue weighted by atomic mass is 10.3. The maximum atomic E-state index is 8.52. The van der Waals surface area contributed by atoms with Crippen LogP contribution < -0.4 is 5.73 Å². The lowest BCUT2D eigenvalue weighted by Gasteiger charge is -2.21. The highest BCUT2D eigenvalue weighted by atomic mass is 16.4. The summed E-state index contributed by atoms with van der Waals surface area (Å²) in [4.78, 5) is 6.67. The van der Waals surface area contributed by atoms with Gasteiger partial charge in [0.2, 0.25) is 0 Å². The minimum Gasteiger partial charge on any atom is -0.409 e. The first-order valence-corrected chi connectivity index (χ1v) is 5.90. The Morgan fingerprint density at radius 2 is 2.35 bits per heavy atom. The first kappa shape index (κ1) is 11.9. The first-order chi connectivity index (χ1) is 8.29. The van der Waals surface area contributed by atoms with Gasteiger partial charge in [0.05, 0.1) is 5.69 Å². The van der Waals surface area contributed by atoms with Gasteiger partial charge in [-0.05, 0) is 25.0 Å². The van der Waals surface area contributed by atoms with Crippen LogP contribution in [0.4, 0.5) is 0 Å². The van der Waals surface area contributed by atoms with E-state index in [4.69, 9.17) is 10.9 Å². The molecule has 0 bridgehead atoms. The molecule has 1 aromatic heterocycles. The molecule has 5 nitrogen and oxygen atoms in total. The van der Waals surface area contributed by atoms with Crippen molar-refractivity contribution in [3.8, 4) is 0 Å². The molecule has 0 radical (unpaired) electrons. The van der Waals surface area contributed by atoms with E-state index in [-0.39, 0.29) is 5.84 Å². The summed E-state index contributed by atoms with van der Waals surface area (Å²) in [6, 6.07) is 6.58. The Bertz CT molecular complexity index is 375. The molecule has 0 saturated heterocycles. The molecular formula is C12H18N4O. The topological polar surface area (TPSA) is 74.7 Å². The molecule has 1 aliphatic carbocycles. The third kappa shape index (κ3) is 3.71. The molecule has 1 aromatic rings. The second-order valence-electron chi connectivity index (χ2n) is 4.36. The van der Waals surface area contributed by atoms with Gasteiger partial charge < -0.3 is 10.9 Å². The standard InChI is InChI=1S/C12H18N4O/c13-12(15-17)6-8-16(11-4-5-11)9-10-3-1-2-7-14-10/h1-3,7,11,17H,4-6,8-9H2,(H2,13,15). The van der Waals surface area contributed by atoms with Crippen molar-refractivity contribution < 1.29 is 5.21 Å². The lowest BCUT2D eigenvalue weighted by Crippen LogP contribution is -2.30. The molecule has 1 fully saturated rings. The van der Waals surface area contributed by atoms with Crippen molar-refractivity contribution in [3.05, 3.63) is 30.1 Å². The highest BCUT2D eigenvalue weighted by molar-refractivity contribution is 5.79. The third-order valence-electron chi connectivity index (χ3n) is 2.94. The number of nitrogens with zero attached hydrogens (tertiary/aromatic N) is 3. The maximum Gasteiger partial charge on any atom is 0.140 e. The van der Waals surface area contributed by atoms with Gasteiger partial charge in [-0.3, -0.25) is 9.88 Å². The fourth-order valence-corrected chi connectivity index (χ4v) is 1.84. The van der Waals surface area contributed by atoms with Gasteiger partial charge in [-0.15, -0.1) is 0 Å². The van der Waals surface area contributed by atoms with E-state index in [0.29, 0.717) is 12.5 Å². The molecule has 0 aromatic carbocycles. The van der Waals surface area contributed by atoms with Gasteiger partial charge in [-0.2, -0.15) is 0 Å². The fourth-order valence-electron chi connectivity index (χ4n) is 1.84. The second kappa shape index (κ2) is 5.63. The molecule has 0 aliphatic heterocycles. The van der Waals surface area contributed by atoms with Crippen molar-refractivity contribution in [2.24, 2.45) is 10.9 Å². The van der Waals surface area contributed by atoms with Crippen molar-refractivity contribution in [2.75, 3.05) is 6.54 Å². The summed E-state index contributed by atoms with van der Waals surface area (Å²) in [5.41, 5.74) is 6.56. The average molecular weight is 234 g/mol. The van der Waals surface area contributed by atoms with Gasteiger partial charge in [-0.25, -0.2) is 0 Å². The molecule has 1 saturated carbocycles. The predicted molar refractivity (Wildman–Crippen MR) is 65.7 cm³/mol. The Hall–Kier alpha value is -1.62. The molecular weight excluding hydrogens is 216 g/mol. The fraction of sp³-hybridized carbons (Fsp3) is 0.500. The molecule has 17 heavy (non-hydrogen) atoms. The van der Waals surface area contributed by atoms with E-state index in [1.54, 1.807) is 0 Å². The van der Waals surface area contributed by atoms with Crippen LogP contribution >= 0.6 is 0 Å². The van der Waals surface area contributed by atoms with Gasteiger partial charge in [0.25, 0.3) is 0 Å². The van der Waals surface area contributed by atoms with E-state index >= 15 is 0 Å². The Balaban J connectivity index is 1.89. The number of oxime groups is 1. The summed E-state index contributed by atoms with van der Waals surface area (Å²) in [6.07, 6.45) is 4.88. The monoisotopic (exact) mass is 234 g/mol. The SMILES string of the molecule is N/C(CCN(Cc1ccccn1)C1CC1)=N/O. The van der Waals surface area contributed by atoms with Gasteiger partial charge in [0.15, 0.2) is 0 Å². The molecule has 0 spiro atoms. The van der Waals surface area contributed by atoms with Crippen molar-refractivity contribution >= 4 is 5.84 Å². The van der Waals surface area contributed by atoms with Crippen molar-refractivity contribution in [1.29, 1.82) is 0 Å². The number of pyridine rings is 1. The second-order valence-corrected chi connectivity index (χ2v) is 4.36. The van der Waals surface area contributed by atoms with E-state index in [9.17, 15) is 0 Å². The van der Waals surface area contributed by atoms with Crippen LogP contribution in [0.15, 0.2) is 29.6 Å². The van der Waals surface area contributed by atoms with Gasteiger partial charge in [0, 0.05) is 31.7 Å². The van der Waals surface area contributed by atoms with E-state index in [1.165, 1.54) is 12.8 Å². The quantitative estimate of drug-likeness (QED) is 0.335. The van der Waals surface area contributed by atoms with Crippen LogP contribution in [0, 0.1) is 0 Å². The Morgan fingerprint density at radius 1 is 1.53 bits per heavy atom. The zero-order valence-corrected chi connectivity index (χ0v) is 9.79. The van der Waals surface area contributed by atoms with Crippen LogP contribution in [0.5, 0.6) is 0 Å². The van der Waals surface area contributed by atoms with Crippen LogP contribution in [0.2, 0.25) is 0 Å². The van der Waals surface area contributed by atoms with Crippen LogP contribution in [0.3, 0.4) is 0 Å². The van der Waals surface area contributed by atoms with Gasteiger partial charge in [0.1, 0.15) is 5.84 Å². The minimum atomic E-state index is 0.289. The van der Waals surface area contributed by atoms with Crippen molar-refractivity contribution in [1.82, 2.24) is 9.88 Å². The van der Waals surface area contributed by atoms with Gasteiger partial charge >= 0.3 is 0 Å². The number of hydrogen-bond donors (Lipinski definition) is 2. The van der Waals surface area contributed by atoms with E-state index in [2.05, 4.69) is 15.0 Å². The summed E-state index contributed by atoms with van der Waals surface area (Å²) < 4.78 is 0. The number of amidine groups is 1. The van der Waals surface area contributed by atoms with Crippen molar-refractivity contribution in [2.45, 2.75) is 31.8 Å². The number of rotatable bonds is 6. The van der Waals surface area contributed by atoms with Crippen LogP contribution in [0.25, 0.3) is 0 Å². The summed E-state index contributed by atoms with van der Waals surface area (Å²) in [5, 5.41) is 11.5. The average Bonchev–Trinajstić information content (AvgIpc) is 3.19. The Labute approximate surface area is 101 Å². The van der Waals surface area contributed by atoms with Crippen LogP contribution in [0.1, 0.15) is 25.0 Å². The molecule has 3 N–H and O–H groups in total. The molecule has 5 heteroatoms. The van der Waals surface area contributed by atoms with Crippen molar-refractivity contribution in [3.63, 3.8) is 0 Å². The minimum absolute atomic E-state index is 0.289.